The minimum atomic E-state index is -0.387. The minimum Gasteiger partial charge on any atom is -0.357 e. The van der Waals surface area contributed by atoms with Gasteiger partial charge in [0.1, 0.15) is 0 Å². The molecule has 0 aliphatic carbocycles. The number of nitro groups is 1. The van der Waals surface area contributed by atoms with Gasteiger partial charge in [-0.15, -0.1) is 0 Å². The molecule has 1 heterocycles. The van der Waals surface area contributed by atoms with Crippen LogP contribution in [0.3, 0.4) is 0 Å². The molecule has 1 unspecified atom stereocenters. The summed E-state index contributed by atoms with van der Waals surface area (Å²) in [5.41, 5.74) is 1.06. The van der Waals surface area contributed by atoms with E-state index in [0.717, 1.165) is 37.6 Å². The Morgan fingerprint density at radius 2 is 2.08 bits per heavy atom. The van der Waals surface area contributed by atoms with Gasteiger partial charge in [-0.1, -0.05) is 18.6 Å². The second-order valence-electron chi connectivity index (χ2n) is 6.78. The molecule has 144 valence electrons. The number of hydrogen-bond acceptors (Lipinski definition) is 4. The Morgan fingerprint density at radius 1 is 1.31 bits per heavy atom. The first kappa shape index (κ1) is 20.2. The average Bonchev–Trinajstić information content (AvgIpc) is 2.64. The normalized spacial score (nSPS) is 18.5. The smallest absolute Gasteiger partial charge is 0.269 e. The topological polar surface area (TPSA) is 82.8 Å². The van der Waals surface area contributed by atoms with Gasteiger partial charge in [0.05, 0.1) is 11.5 Å². The second-order valence-corrected chi connectivity index (χ2v) is 6.78. The maximum absolute atomic E-state index is 10.7. The number of non-ortho nitro benzene ring substituents is 1. The van der Waals surface area contributed by atoms with Crippen LogP contribution in [0.5, 0.6) is 0 Å². The molecule has 1 fully saturated rings. The van der Waals surface area contributed by atoms with Crippen LogP contribution in [0.15, 0.2) is 29.3 Å². The molecular weight excluding hydrogens is 330 g/mol. The molecule has 2 N–H and O–H groups in total. The molecule has 0 saturated carbocycles. The zero-order chi connectivity index (χ0) is 18.8. The van der Waals surface area contributed by atoms with Gasteiger partial charge in [-0.2, -0.15) is 0 Å². The number of guanidine groups is 1. The van der Waals surface area contributed by atoms with Gasteiger partial charge in [-0.3, -0.25) is 10.1 Å². The summed E-state index contributed by atoms with van der Waals surface area (Å²) in [6.07, 6.45) is 5.08. The monoisotopic (exact) mass is 361 g/mol. The summed E-state index contributed by atoms with van der Waals surface area (Å²) in [7, 11) is 0. The maximum atomic E-state index is 10.7. The van der Waals surface area contributed by atoms with Crippen molar-refractivity contribution in [3.8, 4) is 0 Å². The molecule has 1 saturated heterocycles. The molecule has 1 aliphatic heterocycles. The fourth-order valence-corrected chi connectivity index (χ4v) is 3.21. The summed E-state index contributed by atoms with van der Waals surface area (Å²) < 4.78 is 0. The third-order valence-electron chi connectivity index (χ3n) is 4.77. The fourth-order valence-electron chi connectivity index (χ4n) is 3.21. The van der Waals surface area contributed by atoms with Crippen LogP contribution in [0.1, 0.15) is 45.1 Å². The van der Waals surface area contributed by atoms with E-state index in [0.29, 0.717) is 12.6 Å². The molecule has 0 amide bonds. The SMILES string of the molecule is CCNC(=NCc1ccc([N+](=O)[O-])cc1)NCCCN1CCCCC1C. The molecule has 0 radical (unpaired) electrons. The predicted octanol–water partition coefficient (Wildman–Crippen LogP) is 2.91. The zero-order valence-electron chi connectivity index (χ0n) is 15.9. The lowest BCUT2D eigenvalue weighted by molar-refractivity contribution is -0.384. The van der Waals surface area contributed by atoms with Crippen molar-refractivity contribution in [3.05, 3.63) is 39.9 Å². The van der Waals surface area contributed by atoms with E-state index in [1.807, 2.05) is 6.92 Å². The minimum absolute atomic E-state index is 0.106. The largest absolute Gasteiger partial charge is 0.357 e. The highest BCUT2D eigenvalue weighted by atomic mass is 16.6. The van der Waals surface area contributed by atoms with Crippen LogP contribution >= 0.6 is 0 Å². The van der Waals surface area contributed by atoms with Crippen LogP contribution in [0, 0.1) is 10.1 Å². The molecule has 7 nitrogen and oxygen atoms in total. The van der Waals surface area contributed by atoms with E-state index in [-0.39, 0.29) is 10.6 Å². The van der Waals surface area contributed by atoms with Gasteiger partial charge in [0.15, 0.2) is 5.96 Å². The number of nitrogens with zero attached hydrogens (tertiary/aromatic N) is 3. The quantitative estimate of drug-likeness (QED) is 0.245. The van der Waals surface area contributed by atoms with E-state index in [1.54, 1.807) is 12.1 Å². The summed E-state index contributed by atoms with van der Waals surface area (Å²) in [5, 5.41) is 17.3. The van der Waals surface area contributed by atoms with Crippen LogP contribution in [0.4, 0.5) is 5.69 Å². The first-order chi connectivity index (χ1) is 12.6. The highest BCUT2D eigenvalue weighted by Crippen LogP contribution is 2.16. The van der Waals surface area contributed by atoms with E-state index in [1.165, 1.54) is 37.9 Å². The molecule has 7 heteroatoms. The number of nitro benzene ring substituents is 1. The molecule has 0 spiro atoms. The van der Waals surface area contributed by atoms with Crippen molar-refractivity contribution in [1.82, 2.24) is 15.5 Å². The van der Waals surface area contributed by atoms with E-state index in [2.05, 4.69) is 27.4 Å². The van der Waals surface area contributed by atoms with Crippen LogP contribution in [0.2, 0.25) is 0 Å². The van der Waals surface area contributed by atoms with E-state index in [9.17, 15) is 10.1 Å². The van der Waals surface area contributed by atoms with Crippen LogP contribution in [0.25, 0.3) is 0 Å². The number of nitrogens with one attached hydrogen (secondary N) is 2. The standard InChI is InChI=1S/C19H31N5O2/c1-3-20-19(21-12-6-14-23-13-5-4-7-16(23)2)22-15-17-8-10-18(11-9-17)24(25)26/h8-11,16H,3-7,12-15H2,1-2H3,(H2,20,21,22). The Balaban J connectivity index is 1.77. The molecular formula is C19H31N5O2. The predicted molar refractivity (Wildman–Crippen MR) is 105 cm³/mol. The van der Waals surface area contributed by atoms with Crippen molar-refractivity contribution in [2.75, 3.05) is 26.2 Å². The van der Waals surface area contributed by atoms with Gasteiger partial charge in [0.2, 0.25) is 0 Å². The molecule has 1 atom stereocenters. The van der Waals surface area contributed by atoms with Gasteiger partial charge >= 0.3 is 0 Å². The lowest BCUT2D eigenvalue weighted by Gasteiger charge is -2.33. The van der Waals surface area contributed by atoms with Crippen molar-refractivity contribution >= 4 is 11.6 Å². The van der Waals surface area contributed by atoms with Gasteiger partial charge < -0.3 is 15.5 Å². The first-order valence-corrected chi connectivity index (χ1v) is 9.59. The summed E-state index contributed by atoms with van der Waals surface area (Å²) in [6, 6.07) is 7.25. The highest BCUT2D eigenvalue weighted by Gasteiger charge is 2.17. The van der Waals surface area contributed by atoms with Crippen LogP contribution < -0.4 is 10.6 Å². The van der Waals surface area contributed by atoms with Gasteiger partial charge in [0, 0.05) is 37.8 Å². The molecule has 1 aromatic rings. The van der Waals surface area contributed by atoms with Crippen LogP contribution in [-0.4, -0.2) is 48.0 Å². The van der Waals surface area contributed by atoms with Crippen molar-refractivity contribution in [2.45, 2.75) is 52.1 Å². The zero-order valence-corrected chi connectivity index (χ0v) is 15.9. The van der Waals surface area contributed by atoms with Gasteiger partial charge in [-0.25, -0.2) is 4.99 Å². The number of likely N-dealkylation sites (tertiary alicyclic amines) is 1. The Morgan fingerprint density at radius 3 is 2.73 bits per heavy atom. The van der Waals surface area contributed by atoms with Crippen molar-refractivity contribution in [1.29, 1.82) is 0 Å². The molecule has 0 aromatic heterocycles. The molecule has 2 rings (SSSR count). The van der Waals surface area contributed by atoms with Crippen molar-refractivity contribution in [2.24, 2.45) is 4.99 Å². The van der Waals surface area contributed by atoms with E-state index >= 15 is 0 Å². The second kappa shape index (κ2) is 10.8. The van der Waals surface area contributed by atoms with E-state index in [4.69, 9.17) is 0 Å². The summed E-state index contributed by atoms with van der Waals surface area (Å²) >= 11 is 0. The van der Waals surface area contributed by atoms with Crippen molar-refractivity contribution < 1.29 is 4.92 Å². The number of benzene rings is 1. The van der Waals surface area contributed by atoms with E-state index < -0.39 is 0 Å². The number of hydrogen-bond donors (Lipinski definition) is 2. The van der Waals surface area contributed by atoms with Crippen LogP contribution in [-0.2, 0) is 6.54 Å². The fraction of sp³-hybridized carbons (Fsp3) is 0.632. The summed E-state index contributed by atoms with van der Waals surface area (Å²) in [6.45, 7) is 8.88. The maximum Gasteiger partial charge on any atom is 0.269 e. The van der Waals surface area contributed by atoms with Gasteiger partial charge in [-0.05, 0) is 45.2 Å². The molecule has 0 bridgehead atoms. The number of rotatable bonds is 8. The van der Waals surface area contributed by atoms with Crippen molar-refractivity contribution in [3.63, 3.8) is 0 Å². The lowest BCUT2D eigenvalue weighted by atomic mass is 10.0. The summed E-state index contributed by atoms with van der Waals surface area (Å²) in [4.78, 5) is 17.5. The Bertz CT molecular complexity index is 588. The summed E-state index contributed by atoms with van der Waals surface area (Å²) in [5.74, 6) is 0.789. The molecule has 1 aliphatic rings. The average molecular weight is 361 g/mol. The Labute approximate surface area is 156 Å². The third-order valence-corrected chi connectivity index (χ3v) is 4.77. The van der Waals surface area contributed by atoms with Gasteiger partial charge in [0.25, 0.3) is 5.69 Å². The number of piperidine rings is 1. The Hall–Kier alpha value is -2.15. The highest BCUT2D eigenvalue weighted by molar-refractivity contribution is 5.79. The molecule has 1 aromatic carbocycles. The Kier molecular flexibility index (Phi) is 8.34. The third kappa shape index (κ3) is 6.63. The molecule has 26 heavy (non-hydrogen) atoms. The number of aliphatic imine (C=N–C) groups is 1. The first-order valence-electron chi connectivity index (χ1n) is 9.59. The lowest BCUT2D eigenvalue weighted by Crippen LogP contribution is -2.41.